The molecule has 1 atom stereocenters. The number of nitrogens with zero attached hydrogens (tertiary/aromatic N) is 3. The molecule has 0 radical (unpaired) electrons. The van der Waals surface area contributed by atoms with Crippen molar-refractivity contribution in [3.05, 3.63) is 30.5 Å². The summed E-state index contributed by atoms with van der Waals surface area (Å²) in [5.41, 5.74) is 0.532. The second-order valence-electron chi connectivity index (χ2n) is 4.44. The van der Waals surface area contributed by atoms with Gasteiger partial charge in [-0.05, 0) is 6.42 Å². The molecule has 0 aromatic carbocycles. The summed E-state index contributed by atoms with van der Waals surface area (Å²) < 4.78 is 1.66. The van der Waals surface area contributed by atoms with Crippen molar-refractivity contribution in [1.29, 1.82) is 0 Å². The average Bonchev–Trinajstić information content (AvgIpc) is 2.90. The minimum absolute atomic E-state index is 0.125. The fourth-order valence-electron chi connectivity index (χ4n) is 1.91. The highest BCUT2D eigenvalue weighted by atomic mass is 16.4. The van der Waals surface area contributed by atoms with Gasteiger partial charge in [0.15, 0.2) is 11.3 Å². The van der Waals surface area contributed by atoms with E-state index < -0.39 is 17.9 Å². The summed E-state index contributed by atoms with van der Waals surface area (Å²) in [6.07, 6.45) is 8.40. The first-order valence-electron chi connectivity index (χ1n) is 6.44. The van der Waals surface area contributed by atoms with Gasteiger partial charge in [0.25, 0.3) is 5.91 Å². The maximum atomic E-state index is 12.1. The predicted octanol–water partition coefficient (Wildman–Crippen LogP) is 1.10. The Morgan fingerprint density at radius 3 is 2.70 bits per heavy atom. The molecule has 2 aromatic heterocycles. The molecule has 7 nitrogen and oxygen atoms in total. The van der Waals surface area contributed by atoms with E-state index in [9.17, 15) is 9.59 Å². The van der Waals surface area contributed by atoms with Gasteiger partial charge in [0.2, 0.25) is 0 Å². The number of hydrogen-bond donors (Lipinski definition) is 2. The van der Waals surface area contributed by atoms with Crippen LogP contribution < -0.4 is 5.32 Å². The molecule has 2 heterocycles. The summed E-state index contributed by atoms with van der Waals surface area (Å²) in [6.45, 7) is 1.97. The van der Waals surface area contributed by atoms with Gasteiger partial charge in [0.05, 0.1) is 0 Å². The molecule has 2 N–H and O–H groups in total. The molecule has 0 aliphatic heterocycles. The Hall–Kier alpha value is -2.44. The SMILES string of the molecule is CCCC[C@H](NC(=O)c1nccn2ccnc12)C(=O)O. The van der Waals surface area contributed by atoms with Crippen LogP contribution in [-0.2, 0) is 4.79 Å². The topological polar surface area (TPSA) is 96.6 Å². The van der Waals surface area contributed by atoms with Crippen molar-refractivity contribution < 1.29 is 14.7 Å². The minimum atomic E-state index is -1.04. The zero-order chi connectivity index (χ0) is 14.5. The number of imidazole rings is 1. The lowest BCUT2D eigenvalue weighted by Gasteiger charge is -2.13. The highest BCUT2D eigenvalue weighted by Gasteiger charge is 2.22. The van der Waals surface area contributed by atoms with Crippen molar-refractivity contribution in [2.75, 3.05) is 0 Å². The van der Waals surface area contributed by atoms with E-state index in [0.717, 1.165) is 12.8 Å². The number of amides is 1. The summed E-state index contributed by atoms with van der Waals surface area (Å²) in [7, 11) is 0. The molecule has 0 saturated carbocycles. The monoisotopic (exact) mass is 276 g/mol. The lowest BCUT2D eigenvalue weighted by atomic mass is 10.1. The predicted molar refractivity (Wildman–Crippen MR) is 71.4 cm³/mol. The summed E-state index contributed by atoms with van der Waals surface area (Å²) in [5, 5.41) is 11.6. The van der Waals surface area contributed by atoms with E-state index in [1.54, 1.807) is 23.0 Å². The Kier molecular flexibility index (Phi) is 4.29. The zero-order valence-electron chi connectivity index (χ0n) is 11.1. The van der Waals surface area contributed by atoms with E-state index in [1.165, 1.54) is 6.20 Å². The Balaban J connectivity index is 2.18. The van der Waals surface area contributed by atoms with Gasteiger partial charge < -0.3 is 14.8 Å². The van der Waals surface area contributed by atoms with Crippen molar-refractivity contribution in [3.63, 3.8) is 0 Å². The molecule has 2 aromatic rings. The summed E-state index contributed by atoms with van der Waals surface area (Å²) in [5.74, 6) is -1.56. The molecule has 0 unspecified atom stereocenters. The van der Waals surface area contributed by atoms with Crippen molar-refractivity contribution >= 4 is 17.5 Å². The fourth-order valence-corrected chi connectivity index (χ4v) is 1.91. The first-order valence-corrected chi connectivity index (χ1v) is 6.44. The molecular formula is C13H16N4O3. The molecule has 106 valence electrons. The quantitative estimate of drug-likeness (QED) is 0.823. The number of hydrogen-bond acceptors (Lipinski definition) is 4. The van der Waals surface area contributed by atoms with Gasteiger partial charge in [-0.3, -0.25) is 4.79 Å². The summed E-state index contributed by atoms with van der Waals surface area (Å²) in [6, 6.07) is -0.903. The molecule has 0 aliphatic rings. The Morgan fingerprint density at radius 2 is 2.05 bits per heavy atom. The molecule has 2 rings (SSSR count). The van der Waals surface area contributed by atoms with Gasteiger partial charge in [0, 0.05) is 24.8 Å². The number of nitrogens with one attached hydrogen (secondary N) is 1. The van der Waals surface area contributed by atoms with Crippen LogP contribution in [0.25, 0.3) is 5.65 Å². The third-order valence-electron chi connectivity index (χ3n) is 2.98. The van der Waals surface area contributed by atoms with Crippen LogP contribution in [0.15, 0.2) is 24.8 Å². The number of unbranched alkanes of at least 4 members (excludes halogenated alkanes) is 1. The number of aromatic nitrogens is 3. The molecule has 0 spiro atoms. The number of fused-ring (bicyclic) bond motifs is 1. The second-order valence-corrected chi connectivity index (χ2v) is 4.44. The third kappa shape index (κ3) is 2.93. The number of aliphatic carboxylic acids is 1. The zero-order valence-corrected chi connectivity index (χ0v) is 11.1. The average molecular weight is 276 g/mol. The molecule has 7 heteroatoms. The molecule has 20 heavy (non-hydrogen) atoms. The van der Waals surface area contributed by atoms with Gasteiger partial charge in [-0.15, -0.1) is 0 Å². The van der Waals surface area contributed by atoms with Crippen LogP contribution >= 0.6 is 0 Å². The highest BCUT2D eigenvalue weighted by Crippen LogP contribution is 2.07. The maximum absolute atomic E-state index is 12.1. The molecule has 0 aliphatic carbocycles. The molecule has 0 saturated heterocycles. The van der Waals surface area contributed by atoms with Crippen LogP contribution in [0.1, 0.15) is 36.7 Å². The smallest absolute Gasteiger partial charge is 0.326 e. The van der Waals surface area contributed by atoms with E-state index in [4.69, 9.17) is 5.11 Å². The van der Waals surface area contributed by atoms with E-state index in [1.807, 2.05) is 6.92 Å². The summed E-state index contributed by atoms with van der Waals surface area (Å²) >= 11 is 0. The van der Waals surface area contributed by atoms with Crippen LogP contribution in [-0.4, -0.2) is 37.4 Å². The fraction of sp³-hybridized carbons (Fsp3) is 0.385. The maximum Gasteiger partial charge on any atom is 0.326 e. The van der Waals surface area contributed by atoms with Crippen molar-refractivity contribution in [2.45, 2.75) is 32.2 Å². The van der Waals surface area contributed by atoms with Gasteiger partial charge >= 0.3 is 5.97 Å². The number of carbonyl (C=O) groups is 2. The molecule has 0 fully saturated rings. The van der Waals surface area contributed by atoms with Gasteiger partial charge in [-0.1, -0.05) is 19.8 Å². The van der Waals surface area contributed by atoms with Gasteiger partial charge in [-0.25, -0.2) is 14.8 Å². The second kappa shape index (κ2) is 6.14. The minimum Gasteiger partial charge on any atom is -0.480 e. The molecular weight excluding hydrogens is 260 g/mol. The highest BCUT2D eigenvalue weighted by molar-refractivity contribution is 5.99. The Morgan fingerprint density at radius 1 is 1.35 bits per heavy atom. The Labute approximate surface area is 115 Å². The normalized spacial score (nSPS) is 12.2. The van der Waals surface area contributed by atoms with Crippen LogP contribution in [0.2, 0.25) is 0 Å². The number of rotatable bonds is 6. The van der Waals surface area contributed by atoms with E-state index >= 15 is 0 Å². The van der Waals surface area contributed by atoms with Crippen molar-refractivity contribution in [3.8, 4) is 0 Å². The number of carboxylic acids is 1. The first kappa shape index (κ1) is 14.0. The van der Waals surface area contributed by atoms with E-state index in [0.29, 0.717) is 12.1 Å². The molecule has 1 amide bonds. The largest absolute Gasteiger partial charge is 0.480 e. The van der Waals surface area contributed by atoms with E-state index in [-0.39, 0.29) is 5.69 Å². The number of carboxylic acid groups (broad SMARTS) is 1. The van der Waals surface area contributed by atoms with Crippen molar-refractivity contribution in [2.24, 2.45) is 0 Å². The van der Waals surface area contributed by atoms with Crippen LogP contribution in [0.5, 0.6) is 0 Å². The lowest BCUT2D eigenvalue weighted by molar-refractivity contribution is -0.139. The first-order chi connectivity index (χ1) is 9.63. The third-order valence-corrected chi connectivity index (χ3v) is 2.98. The van der Waals surface area contributed by atoms with E-state index in [2.05, 4.69) is 15.3 Å². The van der Waals surface area contributed by atoms with Gasteiger partial charge in [-0.2, -0.15) is 0 Å². The van der Waals surface area contributed by atoms with Crippen LogP contribution in [0, 0.1) is 0 Å². The van der Waals surface area contributed by atoms with Gasteiger partial charge in [0.1, 0.15) is 6.04 Å². The Bertz CT molecular complexity index is 623. The van der Waals surface area contributed by atoms with Crippen molar-refractivity contribution in [1.82, 2.24) is 19.7 Å². The number of carbonyl (C=O) groups excluding carboxylic acids is 1. The molecule has 0 bridgehead atoms. The van der Waals surface area contributed by atoms with Crippen LogP contribution in [0.4, 0.5) is 0 Å². The lowest BCUT2D eigenvalue weighted by Crippen LogP contribution is -2.41. The summed E-state index contributed by atoms with van der Waals surface area (Å²) in [4.78, 5) is 31.3. The standard InChI is InChI=1S/C13H16N4O3/c1-2-3-4-9(13(19)20)16-12(18)10-11-15-6-8-17(11)7-5-14-10/h5-9H,2-4H2,1H3,(H,16,18)(H,19,20)/t9-/m0/s1. The van der Waals surface area contributed by atoms with Crippen LogP contribution in [0.3, 0.4) is 0 Å².